The minimum atomic E-state index is -0.493. The Balaban J connectivity index is 1.83. The first-order valence-corrected chi connectivity index (χ1v) is 8.26. The van der Waals surface area contributed by atoms with Crippen molar-refractivity contribution >= 4 is 11.8 Å². The number of H-pyrrole nitrogens is 1. The molecule has 1 saturated heterocycles. The zero-order chi connectivity index (χ0) is 16.4. The predicted octanol–water partition coefficient (Wildman–Crippen LogP) is 1.29. The number of aliphatic hydroxyl groups excluding tert-OH is 1. The molecule has 2 heterocycles. The van der Waals surface area contributed by atoms with E-state index >= 15 is 0 Å². The number of aliphatic hydroxyl groups is 1. The summed E-state index contributed by atoms with van der Waals surface area (Å²) in [4.78, 5) is 26.8. The Morgan fingerprint density at radius 3 is 2.78 bits per heavy atom. The first-order valence-electron chi connectivity index (χ1n) is 7.38. The van der Waals surface area contributed by atoms with Crippen LogP contribution >= 0.6 is 11.8 Å². The smallest absolute Gasteiger partial charge is 0.330 e. The van der Waals surface area contributed by atoms with Crippen LogP contribution in [0.5, 0.6) is 0 Å². The van der Waals surface area contributed by atoms with Gasteiger partial charge in [0.25, 0.3) is 5.56 Å². The van der Waals surface area contributed by atoms with Crippen molar-refractivity contribution in [2.24, 2.45) is 0 Å². The molecule has 0 bridgehead atoms. The summed E-state index contributed by atoms with van der Waals surface area (Å²) in [5, 5.41) is 9.60. The number of nitrogens with one attached hydrogen (secondary N) is 1. The molecule has 1 aromatic heterocycles. The van der Waals surface area contributed by atoms with Gasteiger partial charge in [-0.15, -0.1) is 11.8 Å². The van der Waals surface area contributed by atoms with Crippen LogP contribution in [-0.2, 0) is 4.74 Å². The van der Waals surface area contributed by atoms with Crippen LogP contribution in [0.3, 0.4) is 0 Å². The largest absolute Gasteiger partial charge is 0.394 e. The second kappa shape index (κ2) is 6.74. The maximum atomic E-state index is 12.0. The van der Waals surface area contributed by atoms with Crippen molar-refractivity contribution < 1.29 is 9.84 Å². The SMILES string of the molecule is Cc1cn([C@@H]2C[C@@H](Sc3ccccc3)[C@H](CO)O2)c(=O)[nH]c1=O. The first-order chi connectivity index (χ1) is 11.1. The molecule has 3 rings (SSSR count). The van der Waals surface area contributed by atoms with Crippen LogP contribution in [-0.4, -0.2) is 32.6 Å². The lowest BCUT2D eigenvalue weighted by molar-refractivity contribution is -0.0238. The molecule has 3 atom stereocenters. The molecule has 2 aromatic rings. The van der Waals surface area contributed by atoms with E-state index in [0.29, 0.717) is 12.0 Å². The normalized spacial score (nSPS) is 24.0. The molecule has 122 valence electrons. The standard InChI is InChI=1S/C16H18N2O4S/c1-10-8-18(16(21)17-15(10)20)14-7-13(12(9-19)22-14)23-11-5-3-2-4-6-11/h2-6,8,12-14,19H,7,9H2,1H3,(H,17,20,21)/t12-,13+,14-/m0/s1. The van der Waals surface area contributed by atoms with E-state index in [0.717, 1.165) is 4.90 Å². The number of ether oxygens (including phenoxy) is 1. The van der Waals surface area contributed by atoms with Crippen molar-refractivity contribution in [1.29, 1.82) is 0 Å². The molecule has 2 N–H and O–H groups in total. The first kappa shape index (κ1) is 16.0. The molecular formula is C16H18N2O4S. The number of aromatic nitrogens is 2. The van der Waals surface area contributed by atoms with Crippen molar-refractivity contribution in [1.82, 2.24) is 9.55 Å². The third-order valence-electron chi connectivity index (χ3n) is 3.85. The molecule has 0 aliphatic carbocycles. The fourth-order valence-electron chi connectivity index (χ4n) is 2.63. The molecular weight excluding hydrogens is 316 g/mol. The lowest BCUT2D eigenvalue weighted by atomic mass is 10.2. The zero-order valence-electron chi connectivity index (χ0n) is 12.6. The van der Waals surface area contributed by atoms with E-state index in [4.69, 9.17) is 4.74 Å². The summed E-state index contributed by atoms with van der Waals surface area (Å²) in [5.74, 6) is 0. The van der Waals surface area contributed by atoms with Gasteiger partial charge in [-0.25, -0.2) is 4.79 Å². The van der Waals surface area contributed by atoms with Crippen LogP contribution in [0, 0.1) is 6.92 Å². The fraction of sp³-hybridized carbons (Fsp3) is 0.375. The van der Waals surface area contributed by atoms with Gasteiger partial charge in [-0.3, -0.25) is 14.3 Å². The van der Waals surface area contributed by atoms with Crippen LogP contribution in [0.1, 0.15) is 18.2 Å². The van der Waals surface area contributed by atoms with Crippen molar-refractivity contribution in [2.75, 3.05) is 6.61 Å². The maximum Gasteiger partial charge on any atom is 0.330 e. The van der Waals surface area contributed by atoms with Gasteiger partial charge < -0.3 is 9.84 Å². The average molecular weight is 334 g/mol. The van der Waals surface area contributed by atoms with Crippen molar-refractivity contribution in [2.45, 2.75) is 35.8 Å². The molecule has 1 fully saturated rings. The summed E-state index contributed by atoms with van der Waals surface area (Å²) in [6, 6.07) is 9.87. The Hall–Kier alpha value is -1.83. The minimum Gasteiger partial charge on any atom is -0.394 e. The number of thioether (sulfide) groups is 1. The Morgan fingerprint density at radius 1 is 1.35 bits per heavy atom. The molecule has 0 unspecified atom stereocenters. The average Bonchev–Trinajstić information content (AvgIpc) is 2.94. The fourth-order valence-corrected chi connectivity index (χ4v) is 3.86. The number of nitrogens with zero attached hydrogens (tertiary/aromatic N) is 1. The third kappa shape index (κ3) is 3.41. The summed E-state index contributed by atoms with van der Waals surface area (Å²) in [5.41, 5.74) is -0.432. The lowest BCUT2D eigenvalue weighted by Gasteiger charge is -2.15. The molecule has 0 spiro atoms. The van der Waals surface area contributed by atoms with E-state index in [1.54, 1.807) is 18.7 Å². The minimum absolute atomic E-state index is 0.0338. The second-order valence-corrected chi connectivity index (χ2v) is 6.81. The van der Waals surface area contributed by atoms with Crippen LogP contribution in [0.2, 0.25) is 0 Å². The van der Waals surface area contributed by atoms with Crippen LogP contribution in [0.15, 0.2) is 51.0 Å². The van der Waals surface area contributed by atoms with Crippen molar-refractivity contribution in [3.63, 3.8) is 0 Å². The number of rotatable bonds is 4. The van der Waals surface area contributed by atoms with E-state index in [1.165, 1.54) is 10.8 Å². The quantitative estimate of drug-likeness (QED) is 0.880. The number of aromatic amines is 1. The topological polar surface area (TPSA) is 84.3 Å². The summed E-state index contributed by atoms with van der Waals surface area (Å²) in [6.45, 7) is 1.53. The van der Waals surface area contributed by atoms with Gasteiger partial charge in [0, 0.05) is 28.3 Å². The number of benzene rings is 1. The number of hydrogen-bond donors (Lipinski definition) is 2. The van der Waals surface area contributed by atoms with E-state index < -0.39 is 17.5 Å². The zero-order valence-corrected chi connectivity index (χ0v) is 13.5. The van der Waals surface area contributed by atoms with Crippen molar-refractivity contribution in [3.8, 4) is 0 Å². The monoisotopic (exact) mass is 334 g/mol. The molecule has 6 nitrogen and oxygen atoms in total. The Bertz CT molecular complexity index is 787. The molecule has 0 saturated carbocycles. The van der Waals surface area contributed by atoms with Crippen LogP contribution in [0.25, 0.3) is 0 Å². The predicted molar refractivity (Wildman–Crippen MR) is 87.8 cm³/mol. The van der Waals surface area contributed by atoms with Gasteiger partial charge in [0.15, 0.2) is 0 Å². The third-order valence-corrected chi connectivity index (χ3v) is 5.19. The van der Waals surface area contributed by atoms with Gasteiger partial charge in [0.2, 0.25) is 0 Å². The van der Waals surface area contributed by atoms with Gasteiger partial charge >= 0.3 is 5.69 Å². The molecule has 0 radical (unpaired) electrons. The van der Waals surface area contributed by atoms with Gasteiger partial charge in [-0.05, 0) is 19.1 Å². The Kier molecular flexibility index (Phi) is 4.70. The van der Waals surface area contributed by atoms with Gasteiger partial charge in [-0.1, -0.05) is 18.2 Å². The van der Waals surface area contributed by atoms with E-state index in [-0.39, 0.29) is 18.0 Å². The second-order valence-electron chi connectivity index (χ2n) is 5.50. The summed E-state index contributed by atoms with van der Waals surface area (Å²) < 4.78 is 7.22. The highest BCUT2D eigenvalue weighted by Crippen LogP contribution is 2.38. The molecule has 1 aliphatic heterocycles. The molecule has 0 amide bonds. The van der Waals surface area contributed by atoms with Gasteiger partial charge in [-0.2, -0.15) is 0 Å². The summed E-state index contributed by atoms with van der Waals surface area (Å²) >= 11 is 1.62. The van der Waals surface area contributed by atoms with E-state index in [9.17, 15) is 14.7 Å². The number of hydrogen-bond acceptors (Lipinski definition) is 5. The van der Waals surface area contributed by atoms with Crippen LogP contribution < -0.4 is 11.2 Å². The lowest BCUT2D eigenvalue weighted by Crippen LogP contribution is -2.33. The van der Waals surface area contributed by atoms with E-state index in [1.807, 2.05) is 30.3 Å². The van der Waals surface area contributed by atoms with Gasteiger partial charge in [0.1, 0.15) is 6.23 Å². The molecule has 7 heteroatoms. The number of aryl methyl sites for hydroxylation is 1. The highest BCUT2D eigenvalue weighted by Gasteiger charge is 2.37. The molecule has 1 aliphatic rings. The van der Waals surface area contributed by atoms with E-state index in [2.05, 4.69) is 4.98 Å². The van der Waals surface area contributed by atoms with Crippen molar-refractivity contribution in [3.05, 3.63) is 62.9 Å². The Morgan fingerprint density at radius 2 is 2.09 bits per heavy atom. The van der Waals surface area contributed by atoms with Crippen LogP contribution in [0.4, 0.5) is 0 Å². The highest BCUT2D eigenvalue weighted by molar-refractivity contribution is 8.00. The summed E-state index contributed by atoms with van der Waals surface area (Å²) in [6.07, 6.45) is 1.24. The molecule has 1 aromatic carbocycles. The van der Waals surface area contributed by atoms with Gasteiger partial charge in [0.05, 0.1) is 12.7 Å². The maximum absolute atomic E-state index is 12.0. The highest BCUT2D eigenvalue weighted by atomic mass is 32.2. The molecule has 23 heavy (non-hydrogen) atoms. The summed E-state index contributed by atoms with van der Waals surface area (Å²) in [7, 11) is 0. The Labute approximate surface area is 137 Å².